The predicted molar refractivity (Wildman–Crippen MR) is 137 cm³/mol. The molecule has 1 aromatic carbocycles. The van der Waals surface area contributed by atoms with Crippen molar-refractivity contribution in [3.63, 3.8) is 0 Å². The van der Waals surface area contributed by atoms with Gasteiger partial charge in [0.05, 0.1) is 17.6 Å². The van der Waals surface area contributed by atoms with E-state index in [4.69, 9.17) is 14.0 Å². The van der Waals surface area contributed by atoms with Gasteiger partial charge in [-0.25, -0.2) is 4.39 Å². The monoisotopic (exact) mass is 570 g/mol. The summed E-state index contributed by atoms with van der Waals surface area (Å²) in [6.07, 6.45) is -1.08. The Morgan fingerprint density at radius 1 is 1.18 bits per heavy atom. The number of carbonyl (C=O) groups is 1. The Labute approximate surface area is 229 Å². The molecule has 2 atom stereocenters. The van der Waals surface area contributed by atoms with Crippen molar-refractivity contribution in [2.75, 3.05) is 7.11 Å². The van der Waals surface area contributed by atoms with E-state index in [-0.39, 0.29) is 30.3 Å². The quantitative estimate of drug-likeness (QED) is 0.271. The molecule has 1 aliphatic carbocycles. The number of allylic oxidation sites excluding steroid dienone is 2. The minimum atomic E-state index is -4.95. The highest BCUT2D eigenvalue weighted by atomic mass is 32.1. The molecule has 0 N–H and O–H groups in total. The average Bonchev–Trinajstić information content (AvgIpc) is 3.35. The van der Waals surface area contributed by atoms with Gasteiger partial charge in [0, 0.05) is 19.1 Å². The van der Waals surface area contributed by atoms with Crippen LogP contribution in [0, 0.1) is 11.7 Å². The van der Waals surface area contributed by atoms with Gasteiger partial charge in [0.2, 0.25) is 0 Å². The number of alkyl halides is 3. The summed E-state index contributed by atoms with van der Waals surface area (Å²) in [6.45, 7) is 8.12. The van der Waals surface area contributed by atoms with Gasteiger partial charge in [-0.2, -0.15) is 0 Å². The summed E-state index contributed by atoms with van der Waals surface area (Å²) in [4.78, 5) is 12.9. The molecule has 1 aliphatic heterocycles. The Morgan fingerprint density at radius 3 is 2.44 bits per heavy atom. The summed E-state index contributed by atoms with van der Waals surface area (Å²) in [5.74, 6) is -1.73. The number of methoxy groups -OCH3 is 1. The van der Waals surface area contributed by atoms with E-state index < -0.39 is 29.8 Å². The standard InChI is InChI=1S/C26H31BF4N2O5S/c1-24(2)25(3,4)38-27(37-24)16-8-6-15(7-9-16)12-21-32-33-22(39-21)14-20(34)23(35-5)18-13-17(10-11-19(18)28)36-26(29,30)31/h8,10-11,13,15,23H,6-7,9,12,14H2,1-5H3/t15?,23-/m0/s1. The summed E-state index contributed by atoms with van der Waals surface area (Å²) >= 11 is 1.28. The van der Waals surface area contributed by atoms with Crippen molar-refractivity contribution >= 4 is 24.2 Å². The number of carbonyl (C=O) groups excluding carboxylic acids is 1. The van der Waals surface area contributed by atoms with E-state index in [1.54, 1.807) is 0 Å². The van der Waals surface area contributed by atoms with Crippen LogP contribution in [0.2, 0.25) is 0 Å². The smallest absolute Gasteiger partial charge is 0.406 e. The molecule has 39 heavy (non-hydrogen) atoms. The van der Waals surface area contributed by atoms with Gasteiger partial charge in [-0.15, -0.1) is 34.7 Å². The Balaban J connectivity index is 1.35. The number of halogens is 4. The zero-order chi connectivity index (χ0) is 28.6. The third-order valence-corrected chi connectivity index (χ3v) is 8.37. The van der Waals surface area contributed by atoms with Crippen molar-refractivity contribution in [3.8, 4) is 5.75 Å². The largest absolute Gasteiger partial charge is 0.573 e. The zero-order valence-corrected chi connectivity index (χ0v) is 23.2. The van der Waals surface area contributed by atoms with Gasteiger partial charge in [0.1, 0.15) is 27.7 Å². The first-order valence-electron chi connectivity index (χ1n) is 12.6. The molecule has 4 rings (SSSR count). The van der Waals surface area contributed by atoms with Crippen molar-refractivity contribution in [1.82, 2.24) is 10.2 Å². The molecule has 13 heteroatoms. The fraction of sp³-hybridized carbons (Fsp3) is 0.577. The molecule has 0 bridgehead atoms. The lowest BCUT2D eigenvalue weighted by Crippen LogP contribution is -2.41. The third-order valence-electron chi connectivity index (χ3n) is 7.42. The lowest BCUT2D eigenvalue weighted by Gasteiger charge is -2.32. The fourth-order valence-corrected chi connectivity index (χ4v) is 5.55. The van der Waals surface area contributed by atoms with Gasteiger partial charge in [0.15, 0.2) is 5.78 Å². The number of hydrogen-bond acceptors (Lipinski definition) is 8. The molecule has 212 valence electrons. The Kier molecular flexibility index (Phi) is 8.56. The Hall–Kier alpha value is -2.35. The van der Waals surface area contributed by atoms with Crippen LogP contribution in [0.25, 0.3) is 0 Å². The molecule has 1 fully saturated rings. The first-order valence-corrected chi connectivity index (χ1v) is 13.5. The molecular weight excluding hydrogens is 539 g/mol. The Morgan fingerprint density at radius 2 is 1.85 bits per heavy atom. The van der Waals surface area contributed by atoms with Crippen LogP contribution in [0.4, 0.5) is 17.6 Å². The maximum atomic E-state index is 14.4. The highest BCUT2D eigenvalue weighted by Gasteiger charge is 2.52. The molecule has 1 unspecified atom stereocenters. The second kappa shape index (κ2) is 11.3. The van der Waals surface area contributed by atoms with Gasteiger partial charge in [-0.1, -0.05) is 6.08 Å². The molecule has 1 aromatic heterocycles. The number of hydrogen-bond donors (Lipinski definition) is 0. The maximum Gasteiger partial charge on any atom is 0.573 e. The van der Waals surface area contributed by atoms with Crippen LogP contribution in [0.3, 0.4) is 0 Å². The summed E-state index contributed by atoms with van der Waals surface area (Å²) in [6, 6.07) is 2.45. The van der Waals surface area contributed by atoms with Crippen LogP contribution in [0.5, 0.6) is 5.75 Å². The summed E-state index contributed by atoms with van der Waals surface area (Å²) in [7, 11) is 0.841. The number of rotatable bonds is 9. The molecule has 2 aliphatic rings. The second-order valence-electron chi connectivity index (χ2n) is 10.8. The van der Waals surface area contributed by atoms with Crippen LogP contribution >= 0.6 is 11.3 Å². The molecular formula is C26H31BF4N2O5S. The number of benzene rings is 1. The average molecular weight is 570 g/mol. The second-order valence-corrected chi connectivity index (χ2v) is 11.9. The van der Waals surface area contributed by atoms with Crippen molar-refractivity contribution in [1.29, 1.82) is 0 Å². The first-order chi connectivity index (χ1) is 18.2. The topological polar surface area (TPSA) is 79.8 Å². The van der Waals surface area contributed by atoms with Crippen LogP contribution in [-0.4, -0.2) is 47.8 Å². The van der Waals surface area contributed by atoms with Crippen LogP contribution in [0.15, 0.2) is 29.7 Å². The SMILES string of the molecule is CO[C@H](C(=O)Cc1nnc(CC2CC=C(B3OC(C)(C)C(C)(C)O3)CC2)s1)c1cc(OC(F)(F)F)ccc1F. The molecule has 0 spiro atoms. The minimum Gasteiger partial charge on any atom is -0.406 e. The molecule has 0 radical (unpaired) electrons. The van der Waals surface area contributed by atoms with Crippen molar-refractivity contribution in [3.05, 3.63) is 51.1 Å². The highest BCUT2D eigenvalue weighted by molar-refractivity contribution is 7.11. The number of nitrogens with zero attached hydrogens (tertiary/aromatic N) is 2. The van der Waals surface area contributed by atoms with Crippen molar-refractivity contribution in [2.45, 2.75) is 83.5 Å². The molecule has 7 nitrogen and oxygen atoms in total. The molecule has 0 amide bonds. The molecule has 1 saturated heterocycles. The van der Waals surface area contributed by atoms with Gasteiger partial charge in [-0.3, -0.25) is 4.79 Å². The van der Waals surface area contributed by atoms with Gasteiger partial charge >= 0.3 is 13.5 Å². The molecule has 0 saturated carbocycles. The first kappa shape index (κ1) is 29.6. The number of ketones is 1. The van der Waals surface area contributed by atoms with E-state index in [0.29, 0.717) is 17.3 Å². The van der Waals surface area contributed by atoms with Gasteiger partial charge in [0.25, 0.3) is 0 Å². The van der Waals surface area contributed by atoms with E-state index >= 15 is 0 Å². The van der Waals surface area contributed by atoms with Crippen molar-refractivity contribution in [2.24, 2.45) is 5.92 Å². The number of ether oxygens (including phenoxy) is 2. The van der Waals surface area contributed by atoms with Gasteiger partial charge in [-0.05, 0) is 76.5 Å². The van der Waals surface area contributed by atoms with E-state index in [1.807, 2.05) is 27.7 Å². The van der Waals surface area contributed by atoms with E-state index in [1.165, 1.54) is 18.4 Å². The highest BCUT2D eigenvalue weighted by Crippen LogP contribution is 2.41. The summed E-state index contributed by atoms with van der Waals surface area (Å²) in [5, 5.41) is 9.51. The van der Waals surface area contributed by atoms with E-state index in [9.17, 15) is 22.4 Å². The normalized spacial score (nSPS) is 21.5. The zero-order valence-electron chi connectivity index (χ0n) is 22.4. The summed E-state index contributed by atoms with van der Waals surface area (Å²) in [5.41, 5.74) is 0.0307. The van der Waals surface area contributed by atoms with E-state index in [2.05, 4.69) is 21.0 Å². The lowest BCUT2D eigenvalue weighted by molar-refractivity contribution is -0.274. The minimum absolute atomic E-state index is 0.198. The molecule has 2 heterocycles. The number of aromatic nitrogens is 2. The van der Waals surface area contributed by atoms with Crippen LogP contribution in [0.1, 0.15) is 68.6 Å². The van der Waals surface area contributed by atoms with Gasteiger partial charge < -0.3 is 18.8 Å². The van der Waals surface area contributed by atoms with E-state index in [0.717, 1.165) is 47.9 Å². The number of Topliss-reactive ketones (excluding diaryl/α,β-unsaturated/α-hetero) is 1. The molecule has 2 aromatic rings. The predicted octanol–water partition coefficient (Wildman–Crippen LogP) is 5.98. The van der Waals surface area contributed by atoms with Crippen LogP contribution < -0.4 is 4.74 Å². The Bertz CT molecular complexity index is 1220. The maximum absolute atomic E-state index is 14.4. The van der Waals surface area contributed by atoms with Crippen LogP contribution in [-0.2, 0) is 31.7 Å². The summed E-state index contributed by atoms with van der Waals surface area (Å²) < 4.78 is 73.4. The fourth-order valence-electron chi connectivity index (χ4n) is 4.59. The van der Waals surface area contributed by atoms with Crippen molar-refractivity contribution < 1.29 is 41.1 Å². The third kappa shape index (κ3) is 7.06. The lowest BCUT2D eigenvalue weighted by atomic mass is 9.70.